The van der Waals surface area contributed by atoms with Crippen LogP contribution in [0.1, 0.15) is 30.0 Å². The maximum absolute atomic E-state index is 13.8. The number of aryl methyl sites for hydroxylation is 1. The Balaban J connectivity index is 0.00000188. The molecule has 0 amide bonds. The third kappa shape index (κ3) is 6.31. The van der Waals surface area contributed by atoms with Crippen molar-refractivity contribution in [1.29, 1.82) is 0 Å². The molecule has 0 bridgehead atoms. The summed E-state index contributed by atoms with van der Waals surface area (Å²) in [6.45, 7) is 0. The number of hydrogen-bond donors (Lipinski definition) is 2. The van der Waals surface area contributed by atoms with Crippen molar-refractivity contribution in [3.8, 4) is 33.8 Å². The van der Waals surface area contributed by atoms with Crippen molar-refractivity contribution in [2.45, 2.75) is 30.6 Å². The SMILES string of the molecule is CF.O=S1(=O)C(CCCc2ccc(F)cc2)C(c2ccc(-c3cccc(O)c3)cc2O)N1c1ccc(-c2ccccc2)cc1. The highest BCUT2D eigenvalue weighted by Gasteiger charge is 2.54. The molecule has 2 N–H and O–H groups in total. The zero-order valence-corrected chi connectivity index (χ0v) is 25.0. The Labute approximate surface area is 256 Å². The number of nitrogens with zero attached hydrogens (tertiary/aromatic N) is 1. The molecule has 0 aliphatic carbocycles. The average molecular weight is 614 g/mol. The summed E-state index contributed by atoms with van der Waals surface area (Å²) in [6, 6.07) is 34.9. The summed E-state index contributed by atoms with van der Waals surface area (Å²) in [7, 11) is -3.21. The van der Waals surface area contributed by atoms with Crippen LogP contribution < -0.4 is 4.31 Å². The molecule has 5 aromatic rings. The van der Waals surface area contributed by atoms with E-state index in [0.717, 1.165) is 22.3 Å². The molecule has 2 unspecified atom stereocenters. The maximum Gasteiger partial charge on any atom is 0.241 e. The van der Waals surface area contributed by atoms with Crippen molar-refractivity contribution in [2.75, 3.05) is 11.5 Å². The van der Waals surface area contributed by atoms with Crippen molar-refractivity contribution in [3.63, 3.8) is 0 Å². The maximum atomic E-state index is 13.8. The number of aromatic hydroxyl groups is 2. The van der Waals surface area contributed by atoms with E-state index in [2.05, 4.69) is 0 Å². The topological polar surface area (TPSA) is 77.8 Å². The fourth-order valence-corrected chi connectivity index (χ4v) is 7.89. The lowest BCUT2D eigenvalue weighted by Gasteiger charge is -2.48. The number of benzene rings is 5. The Morgan fingerprint density at radius 1 is 0.705 bits per heavy atom. The molecule has 1 aliphatic heterocycles. The zero-order chi connectivity index (χ0) is 31.3. The smallest absolute Gasteiger partial charge is 0.241 e. The molecular weight excluding hydrogens is 580 g/mol. The number of phenolic OH excluding ortho intramolecular Hbond substituents is 2. The van der Waals surface area contributed by atoms with E-state index >= 15 is 0 Å². The first-order valence-electron chi connectivity index (χ1n) is 14.2. The molecule has 44 heavy (non-hydrogen) atoms. The van der Waals surface area contributed by atoms with Crippen LogP contribution in [0.15, 0.2) is 121 Å². The Hall–Kier alpha value is -4.69. The number of sulfonamides is 1. The van der Waals surface area contributed by atoms with Gasteiger partial charge < -0.3 is 10.2 Å². The molecular formula is C36H33F2NO4S. The summed E-state index contributed by atoms with van der Waals surface area (Å²) >= 11 is 0. The van der Waals surface area contributed by atoms with Gasteiger partial charge in [-0.3, -0.25) is 8.70 Å². The van der Waals surface area contributed by atoms with E-state index < -0.39 is 21.3 Å². The first-order chi connectivity index (χ1) is 21.3. The van der Waals surface area contributed by atoms with Crippen molar-refractivity contribution in [1.82, 2.24) is 0 Å². The number of phenols is 2. The molecule has 1 saturated heterocycles. The normalized spacial score (nSPS) is 16.8. The van der Waals surface area contributed by atoms with Gasteiger partial charge in [-0.1, -0.05) is 78.9 Å². The van der Waals surface area contributed by atoms with Gasteiger partial charge in [-0.25, -0.2) is 12.8 Å². The first-order valence-corrected chi connectivity index (χ1v) is 15.7. The number of anilines is 1. The fourth-order valence-electron chi connectivity index (χ4n) is 5.75. The molecule has 0 radical (unpaired) electrons. The average Bonchev–Trinajstić information content (AvgIpc) is 3.04. The molecule has 1 fully saturated rings. The van der Waals surface area contributed by atoms with Crippen LogP contribution in [0.2, 0.25) is 0 Å². The monoisotopic (exact) mass is 613 g/mol. The van der Waals surface area contributed by atoms with E-state index in [9.17, 15) is 27.4 Å². The third-order valence-corrected chi connectivity index (χ3v) is 10.1. The van der Waals surface area contributed by atoms with Gasteiger partial charge in [0.25, 0.3) is 0 Å². The van der Waals surface area contributed by atoms with Crippen molar-refractivity contribution < 1.29 is 27.4 Å². The van der Waals surface area contributed by atoms with Crippen LogP contribution in [0.3, 0.4) is 0 Å². The standard InChI is InChI=1S/C35H30FNO4S.CH3F/c36-29-17-12-24(13-18-29)6-4-11-34-35(32-21-16-28(23-33(32)39)27-9-5-10-31(38)22-27)37(42(34,40)41)30-19-14-26(15-20-30)25-7-2-1-3-8-25;1-2/h1-3,5,7-10,12-23,34-35,38-39H,4,6,11H2;1H3. The van der Waals surface area contributed by atoms with Crippen LogP contribution in [-0.4, -0.2) is 31.1 Å². The minimum Gasteiger partial charge on any atom is -0.508 e. The fraction of sp³-hybridized carbons (Fsp3) is 0.167. The molecule has 0 saturated carbocycles. The molecule has 226 valence electrons. The predicted octanol–water partition coefficient (Wildman–Crippen LogP) is 8.44. The Morgan fingerprint density at radius 2 is 1.32 bits per heavy atom. The lowest BCUT2D eigenvalue weighted by Crippen LogP contribution is -2.58. The lowest BCUT2D eigenvalue weighted by atomic mass is 9.94. The van der Waals surface area contributed by atoms with Crippen LogP contribution in [0.25, 0.3) is 22.3 Å². The lowest BCUT2D eigenvalue weighted by molar-refractivity contribution is 0.437. The zero-order valence-electron chi connectivity index (χ0n) is 24.1. The van der Waals surface area contributed by atoms with Crippen molar-refractivity contribution >= 4 is 15.7 Å². The highest BCUT2D eigenvalue weighted by Crippen LogP contribution is 2.50. The predicted molar refractivity (Wildman–Crippen MR) is 171 cm³/mol. The number of hydrogen-bond acceptors (Lipinski definition) is 4. The second-order valence-corrected chi connectivity index (χ2v) is 12.6. The number of alkyl halides is 1. The minimum absolute atomic E-state index is 0.00909. The van der Waals surface area contributed by atoms with E-state index in [0.29, 0.717) is 43.3 Å². The minimum atomic E-state index is -3.71. The van der Waals surface area contributed by atoms with Crippen LogP contribution in [-0.2, 0) is 16.4 Å². The van der Waals surface area contributed by atoms with E-state index in [4.69, 9.17) is 0 Å². The second kappa shape index (κ2) is 13.3. The van der Waals surface area contributed by atoms with Crippen LogP contribution in [0.4, 0.5) is 14.5 Å². The van der Waals surface area contributed by atoms with Gasteiger partial charge in [0, 0.05) is 5.56 Å². The summed E-state index contributed by atoms with van der Waals surface area (Å²) < 4.78 is 51.8. The Kier molecular flexibility index (Phi) is 9.30. The molecule has 1 heterocycles. The Morgan fingerprint density at radius 3 is 1.98 bits per heavy atom. The van der Waals surface area contributed by atoms with Gasteiger partial charge in [-0.2, -0.15) is 0 Å². The third-order valence-electron chi connectivity index (χ3n) is 7.89. The molecule has 5 nitrogen and oxygen atoms in total. The van der Waals surface area contributed by atoms with Crippen LogP contribution >= 0.6 is 0 Å². The van der Waals surface area contributed by atoms with Crippen molar-refractivity contribution in [3.05, 3.63) is 138 Å². The molecule has 2 atom stereocenters. The van der Waals surface area contributed by atoms with E-state index in [1.165, 1.54) is 16.4 Å². The first kappa shape index (κ1) is 30.8. The molecule has 0 aromatic heterocycles. The van der Waals surface area contributed by atoms with Gasteiger partial charge in [0.05, 0.1) is 18.9 Å². The highest BCUT2D eigenvalue weighted by molar-refractivity contribution is 7.95. The van der Waals surface area contributed by atoms with Gasteiger partial charge in [0.2, 0.25) is 10.0 Å². The summed E-state index contributed by atoms with van der Waals surface area (Å²) in [6.07, 6.45) is 1.60. The van der Waals surface area contributed by atoms with Crippen molar-refractivity contribution in [2.24, 2.45) is 0 Å². The second-order valence-electron chi connectivity index (χ2n) is 10.6. The summed E-state index contributed by atoms with van der Waals surface area (Å²) in [5.41, 5.74) is 5.45. The molecule has 1 aliphatic rings. The van der Waals surface area contributed by atoms with E-state index in [-0.39, 0.29) is 17.3 Å². The van der Waals surface area contributed by atoms with Gasteiger partial charge >= 0.3 is 0 Å². The van der Waals surface area contributed by atoms with Crippen LogP contribution in [0.5, 0.6) is 11.5 Å². The van der Waals surface area contributed by atoms with Gasteiger partial charge in [-0.15, -0.1) is 0 Å². The highest BCUT2D eigenvalue weighted by atomic mass is 32.2. The molecule has 6 rings (SSSR count). The molecule has 8 heteroatoms. The van der Waals surface area contributed by atoms with Gasteiger partial charge in [0.1, 0.15) is 22.6 Å². The van der Waals surface area contributed by atoms with Gasteiger partial charge in [-0.05, 0) is 89.5 Å². The molecule has 0 spiro atoms. The number of rotatable bonds is 8. The summed E-state index contributed by atoms with van der Waals surface area (Å²) in [5.74, 6) is -0.198. The largest absolute Gasteiger partial charge is 0.508 e. The summed E-state index contributed by atoms with van der Waals surface area (Å²) in [4.78, 5) is 0. The summed E-state index contributed by atoms with van der Waals surface area (Å²) in [5, 5.41) is 20.4. The van der Waals surface area contributed by atoms with Crippen LogP contribution in [0, 0.1) is 5.82 Å². The quantitative estimate of drug-likeness (QED) is 0.184. The van der Waals surface area contributed by atoms with E-state index in [1.807, 2.05) is 54.6 Å². The number of halogens is 2. The molecule has 5 aromatic carbocycles. The van der Waals surface area contributed by atoms with E-state index in [1.54, 1.807) is 54.6 Å². The van der Waals surface area contributed by atoms with Gasteiger partial charge in [0.15, 0.2) is 0 Å². The Bertz CT molecular complexity index is 1810.